The molecule has 1 aliphatic carbocycles. The molecule has 0 radical (unpaired) electrons. The molecule has 1 saturated carbocycles. The lowest BCUT2D eigenvalue weighted by Gasteiger charge is -2.43. The zero-order chi connectivity index (χ0) is 15.2. The van der Waals surface area contributed by atoms with Gasteiger partial charge in [-0.25, -0.2) is 4.98 Å². The van der Waals surface area contributed by atoms with Crippen LogP contribution in [0, 0.1) is 13.8 Å². The minimum Gasteiger partial charge on any atom is -0.340 e. The molecule has 5 nitrogen and oxygen atoms in total. The highest BCUT2D eigenvalue weighted by molar-refractivity contribution is 7.11. The van der Waals surface area contributed by atoms with Crippen molar-refractivity contribution in [1.29, 1.82) is 0 Å². The van der Waals surface area contributed by atoms with Crippen molar-refractivity contribution < 1.29 is 9.59 Å². The second-order valence-electron chi connectivity index (χ2n) is 6.14. The van der Waals surface area contributed by atoms with E-state index in [1.165, 1.54) is 4.88 Å². The normalized spacial score (nSPS) is 24.7. The van der Waals surface area contributed by atoms with Gasteiger partial charge >= 0.3 is 0 Å². The van der Waals surface area contributed by atoms with Gasteiger partial charge in [0.15, 0.2) is 0 Å². The van der Waals surface area contributed by atoms with E-state index >= 15 is 0 Å². The summed E-state index contributed by atoms with van der Waals surface area (Å²) in [6, 6.07) is -0.423. The van der Waals surface area contributed by atoms with E-state index in [1.54, 1.807) is 23.2 Å². The second-order valence-corrected chi connectivity index (χ2v) is 7.42. The summed E-state index contributed by atoms with van der Waals surface area (Å²) in [5.74, 6) is 0.0270. The first-order valence-corrected chi connectivity index (χ1v) is 8.30. The number of nitrogens with one attached hydrogen (secondary N) is 1. The van der Waals surface area contributed by atoms with Crippen LogP contribution >= 0.6 is 11.3 Å². The zero-order valence-electron chi connectivity index (χ0n) is 12.7. The smallest absolute Gasteiger partial charge is 0.249 e. The summed E-state index contributed by atoms with van der Waals surface area (Å²) in [5, 5.41) is 3.89. The van der Waals surface area contributed by atoms with Crippen LogP contribution in [-0.4, -0.2) is 33.3 Å². The minimum absolute atomic E-state index is 0.0403. The van der Waals surface area contributed by atoms with Gasteiger partial charge in [0.25, 0.3) is 0 Å². The van der Waals surface area contributed by atoms with Crippen molar-refractivity contribution in [2.24, 2.45) is 0 Å². The standard InChI is InChI=1S/C15H21N3O2S/c1-9-11(3)21-12(16-9)8-18-10(2)13(19)17-15(14(18)20)6-4-5-7-15/h10H,4-8H2,1-3H3,(H,17,19). The molecule has 3 rings (SSSR count). The third kappa shape index (κ3) is 2.35. The fraction of sp³-hybridized carbons (Fsp3) is 0.667. The quantitative estimate of drug-likeness (QED) is 0.908. The third-order valence-corrected chi connectivity index (χ3v) is 5.77. The Morgan fingerprint density at radius 3 is 2.57 bits per heavy atom. The van der Waals surface area contributed by atoms with Gasteiger partial charge in [-0.15, -0.1) is 11.3 Å². The third-order valence-electron chi connectivity index (χ3n) is 4.72. The number of aromatic nitrogens is 1. The molecule has 1 saturated heterocycles. The number of thiazole rings is 1. The molecule has 1 aromatic rings. The number of rotatable bonds is 2. The summed E-state index contributed by atoms with van der Waals surface area (Å²) in [4.78, 5) is 32.5. The molecule has 2 fully saturated rings. The lowest BCUT2D eigenvalue weighted by molar-refractivity contribution is -0.154. The van der Waals surface area contributed by atoms with Crippen LogP contribution in [-0.2, 0) is 16.1 Å². The topological polar surface area (TPSA) is 62.3 Å². The van der Waals surface area contributed by atoms with E-state index in [-0.39, 0.29) is 11.8 Å². The van der Waals surface area contributed by atoms with Crippen LogP contribution in [0.3, 0.4) is 0 Å². The maximum Gasteiger partial charge on any atom is 0.249 e. The lowest BCUT2D eigenvalue weighted by Crippen LogP contribution is -2.68. The van der Waals surface area contributed by atoms with Gasteiger partial charge in [0.2, 0.25) is 11.8 Å². The number of carbonyl (C=O) groups is 2. The Balaban J connectivity index is 1.87. The Labute approximate surface area is 128 Å². The predicted molar refractivity (Wildman–Crippen MR) is 80.9 cm³/mol. The Kier molecular flexibility index (Phi) is 3.51. The molecule has 1 spiro atoms. The molecule has 1 unspecified atom stereocenters. The van der Waals surface area contributed by atoms with Crippen LogP contribution in [0.15, 0.2) is 0 Å². The highest BCUT2D eigenvalue weighted by Gasteiger charge is 2.50. The van der Waals surface area contributed by atoms with E-state index in [0.29, 0.717) is 6.54 Å². The summed E-state index contributed by atoms with van der Waals surface area (Å²) in [5.41, 5.74) is 0.359. The molecule has 2 heterocycles. The molecule has 6 heteroatoms. The van der Waals surface area contributed by atoms with Crippen molar-refractivity contribution in [3.05, 3.63) is 15.6 Å². The molecule has 0 bridgehead atoms. The van der Waals surface area contributed by atoms with Crippen LogP contribution in [0.4, 0.5) is 0 Å². The van der Waals surface area contributed by atoms with Gasteiger partial charge in [0.05, 0.1) is 12.2 Å². The van der Waals surface area contributed by atoms with Crippen LogP contribution < -0.4 is 5.32 Å². The summed E-state index contributed by atoms with van der Waals surface area (Å²) >= 11 is 1.61. The van der Waals surface area contributed by atoms with Crippen LogP contribution in [0.5, 0.6) is 0 Å². The van der Waals surface area contributed by atoms with Gasteiger partial charge < -0.3 is 10.2 Å². The highest BCUT2D eigenvalue weighted by atomic mass is 32.1. The SMILES string of the molecule is Cc1nc(CN2C(=O)C3(CCCC3)NC(=O)C2C)sc1C. The predicted octanol–water partition coefficient (Wildman–Crippen LogP) is 1.92. The second kappa shape index (κ2) is 5.09. The number of hydrogen-bond donors (Lipinski definition) is 1. The van der Waals surface area contributed by atoms with Gasteiger partial charge in [-0.2, -0.15) is 0 Å². The molecular weight excluding hydrogens is 286 g/mol. The molecule has 1 aliphatic heterocycles. The van der Waals surface area contributed by atoms with Crippen molar-refractivity contribution >= 4 is 23.2 Å². The number of aryl methyl sites for hydroxylation is 2. The average molecular weight is 307 g/mol. The van der Waals surface area contributed by atoms with Crippen molar-refractivity contribution in [3.8, 4) is 0 Å². The first kappa shape index (κ1) is 14.5. The van der Waals surface area contributed by atoms with E-state index in [4.69, 9.17) is 0 Å². The summed E-state index contributed by atoms with van der Waals surface area (Å²) in [6.45, 7) is 6.24. The van der Waals surface area contributed by atoms with Gasteiger partial charge in [0, 0.05) is 4.88 Å². The maximum absolute atomic E-state index is 12.9. The number of amides is 2. The lowest BCUT2D eigenvalue weighted by atomic mass is 9.91. The number of hydrogen-bond acceptors (Lipinski definition) is 4. The Morgan fingerprint density at radius 1 is 1.33 bits per heavy atom. The summed E-state index contributed by atoms with van der Waals surface area (Å²) < 4.78 is 0. The van der Waals surface area contributed by atoms with Gasteiger partial charge in [0.1, 0.15) is 16.6 Å². The molecule has 2 amide bonds. The monoisotopic (exact) mass is 307 g/mol. The summed E-state index contributed by atoms with van der Waals surface area (Å²) in [6.07, 6.45) is 3.53. The molecular formula is C15H21N3O2S. The molecule has 2 aliphatic rings. The minimum atomic E-state index is -0.648. The number of piperazine rings is 1. The fourth-order valence-electron chi connectivity index (χ4n) is 3.26. The van der Waals surface area contributed by atoms with Crippen LogP contribution in [0.2, 0.25) is 0 Å². The van der Waals surface area contributed by atoms with Crippen molar-refractivity contribution in [1.82, 2.24) is 15.2 Å². The van der Waals surface area contributed by atoms with E-state index in [0.717, 1.165) is 36.4 Å². The first-order valence-electron chi connectivity index (χ1n) is 7.49. The number of carbonyl (C=O) groups excluding carboxylic acids is 2. The van der Waals surface area contributed by atoms with Crippen LogP contribution in [0.25, 0.3) is 0 Å². The molecule has 0 aromatic carbocycles. The van der Waals surface area contributed by atoms with E-state index in [2.05, 4.69) is 10.3 Å². The molecule has 114 valence electrons. The van der Waals surface area contributed by atoms with Crippen molar-refractivity contribution in [2.75, 3.05) is 0 Å². The largest absolute Gasteiger partial charge is 0.340 e. The average Bonchev–Trinajstić information content (AvgIpc) is 3.02. The Hall–Kier alpha value is -1.43. The van der Waals surface area contributed by atoms with E-state index in [1.807, 2.05) is 13.8 Å². The number of nitrogens with zero attached hydrogens (tertiary/aromatic N) is 2. The maximum atomic E-state index is 12.9. The fourth-order valence-corrected chi connectivity index (χ4v) is 4.20. The highest BCUT2D eigenvalue weighted by Crippen LogP contribution is 2.35. The van der Waals surface area contributed by atoms with Crippen molar-refractivity contribution in [3.63, 3.8) is 0 Å². The van der Waals surface area contributed by atoms with Gasteiger partial charge in [-0.3, -0.25) is 9.59 Å². The first-order chi connectivity index (χ1) is 9.93. The van der Waals surface area contributed by atoms with Crippen molar-refractivity contribution in [2.45, 2.75) is 64.6 Å². The molecule has 21 heavy (non-hydrogen) atoms. The van der Waals surface area contributed by atoms with Gasteiger partial charge in [-0.05, 0) is 33.6 Å². The zero-order valence-corrected chi connectivity index (χ0v) is 13.5. The Morgan fingerprint density at radius 2 is 2.00 bits per heavy atom. The van der Waals surface area contributed by atoms with Crippen LogP contribution in [0.1, 0.15) is 48.2 Å². The van der Waals surface area contributed by atoms with E-state index < -0.39 is 11.6 Å². The summed E-state index contributed by atoms with van der Waals surface area (Å²) in [7, 11) is 0. The molecule has 1 atom stereocenters. The molecule has 1 N–H and O–H groups in total. The van der Waals surface area contributed by atoms with Gasteiger partial charge in [-0.1, -0.05) is 12.8 Å². The van der Waals surface area contributed by atoms with E-state index in [9.17, 15) is 9.59 Å². The molecule has 1 aromatic heterocycles. The Bertz CT molecular complexity index is 570.